The van der Waals surface area contributed by atoms with Gasteiger partial charge in [-0.3, -0.25) is 4.79 Å². The number of ether oxygens (including phenoxy) is 1. The van der Waals surface area contributed by atoms with Crippen LogP contribution in [0.25, 0.3) is 0 Å². The molecule has 2 N–H and O–H groups in total. The molecule has 176 valence electrons. The van der Waals surface area contributed by atoms with Crippen molar-refractivity contribution in [2.24, 2.45) is 46.2 Å². The van der Waals surface area contributed by atoms with Gasteiger partial charge in [-0.2, -0.15) is 0 Å². The average molecular weight is 442 g/mol. The molecule has 0 bridgehead atoms. The molecule has 4 aliphatic rings. The Balaban J connectivity index is 1.48. The number of Topliss-reactive ketones (excluding diaryl/α,β-unsaturated/α-hetero) is 1. The minimum absolute atomic E-state index is 0.0121. The summed E-state index contributed by atoms with van der Waals surface area (Å²) >= 11 is 0. The number of hydrogen-bond acceptors (Lipinski definition) is 3. The summed E-state index contributed by atoms with van der Waals surface area (Å²) in [5.41, 5.74) is 7.54. The molecule has 0 saturated heterocycles. The lowest BCUT2D eigenvalue weighted by Crippen LogP contribution is -2.69. The Morgan fingerprint density at radius 1 is 1.09 bits per heavy atom. The zero-order chi connectivity index (χ0) is 22.7. The van der Waals surface area contributed by atoms with Crippen LogP contribution in [0.4, 0.5) is 4.39 Å². The predicted octanol–water partition coefficient (Wildman–Crippen LogP) is 6.01. The molecule has 8 atom stereocenters. The normalized spacial score (nSPS) is 45.6. The Morgan fingerprint density at radius 3 is 2.62 bits per heavy atom. The third-order valence-electron chi connectivity index (χ3n) is 10.7. The Labute approximate surface area is 192 Å². The van der Waals surface area contributed by atoms with E-state index in [4.69, 9.17) is 10.5 Å². The molecule has 0 aromatic heterocycles. The number of ketones is 1. The Bertz CT molecular complexity index is 888. The minimum Gasteiger partial charge on any atom is -0.384 e. The van der Waals surface area contributed by atoms with E-state index in [1.165, 1.54) is 31.7 Å². The lowest BCUT2D eigenvalue weighted by molar-refractivity contribution is -0.159. The molecule has 1 aromatic rings. The number of rotatable bonds is 4. The van der Waals surface area contributed by atoms with Crippen molar-refractivity contribution >= 4 is 5.78 Å². The van der Waals surface area contributed by atoms with Gasteiger partial charge in [0.15, 0.2) is 5.78 Å². The molecule has 0 amide bonds. The van der Waals surface area contributed by atoms with Gasteiger partial charge in [0, 0.05) is 24.0 Å². The summed E-state index contributed by atoms with van der Waals surface area (Å²) < 4.78 is 20.4. The predicted molar refractivity (Wildman–Crippen MR) is 125 cm³/mol. The highest BCUT2D eigenvalue weighted by atomic mass is 19.1. The minimum atomic E-state index is -0.392. The molecule has 0 radical (unpaired) electrons. The van der Waals surface area contributed by atoms with Crippen molar-refractivity contribution in [3.05, 3.63) is 35.6 Å². The summed E-state index contributed by atoms with van der Waals surface area (Å²) in [7, 11) is 1.85. The highest BCUT2D eigenvalue weighted by Crippen LogP contribution is 2.68. The fourth-order valence-corrected chi connectivity index (χ4v) is 9.29. The summed E-state index contributed by atoms with van der Waals surface area (Å²) in [5, 5.41) is 0. The molecule has 4 heteroatoms. The number of nitrogens with two attached hydrogens (primary N) is 1. The molecule has 4 fully saturated rings. The second kappa shape index (κ2) is 7.91. The zero-order valence-corrected chi connectivity index (χ0v) is 20.0. The highest BCUT2D eigenvalue weighted by molar-refractivity contribution is 5.98. The largest absolute Gasteiger partial charge is 0.384 e. The SMILES string of the molecule is COC[C@]12CC[C@H](C)CC1CC[C@]1(N)C2CC[C@@]2(C)C1CC[C@@H]2C(=O)c1ccccc1F. The number of benzene rings is 1. The van der Waals surface area contributed by atoms with E-state index >= 15 is 0 Å². The Kier molecular flexibility index (Phi) is 5.57. The molecular formula is C28H40FNO2. The van der Waals surface area contributed by atoms with Gasteiger partial charge in [-0.25, -0.2) is 4.39 Å². The van der Waals surface area contributed by atoms with Crippen molar-refractivity contribution in [1.82, 2.24) is 0 Å². The molecule has 4 aliphatic carbocycles. The molecule has 0 aliphatic heterocycles. The van der Waals surface area contributed by atoms with Crippen LogP contribution < -0.4 is 5.73 Å². The quantitative estimate of drug-likeness (QED) is 0.582. The first-order chi connectivity index (χ1) is 15.3. The maximum absolute atomic E-state index is 14.5. The maximum Gasteiger partial charge on any atom is 0.169 e. The second-order valence-corrected chi connectivity index (χ2v) is 12.0. The van der Waals surface area contributed by atoms with Gasteiger partial charge in [0.25, 0.3) is 0 Å². The van der Waals surface area contributed by atoms with E-state index in [0.29, 0.717) is 17.8 Å². The lowest BCUT2D eigenvalue weighted by atomic mass is 9.41. The summed E-state index contributed by atoms with van der Waals surface area (Å²) in [6.07, 6.45) is 9.92. The molecule has 4 saturated carbocycles. The first kappa shape index (κ1) is 22.5. The summed E-state index contributed by atoms with van der Waals surface area (Å²) in [6, 6.07) is 6.49. The maximum atomic E-state index is 14.5. The third kappa shape index (κ3) is 3.08. The molecule has 3 unspecified atom stereocenters. The van der Waals surface area contributed by atoms with Crippen molar-refractivity contribution in [3.8, 4) is 0 Å². The number of carbonyl (C=O) groups excluding carboxylic acids is 1. The van der Waals surface area contributed by atoms with E-state index in [2.05, 4.69) is 13.8 Å². The standard InChI is InChI=1S/C28H40FNO2/c1-18-10-14-27(17-32-3)19(16-18)11-15-28(30)23-9-8-21(26(23,2)13-12-24(27)28)25(31)20-6-4-5-7-22(20)29/h4-7,18-19,21,23-24H,8-17,30H2,1-3H3/t18-,19?,21+,23?,24?,26+,27+,28+/m0/s1. The fourth-order valence-electron chi connectivity index (χ4n) is 9.29. The summed E-state index contributed by atoms with van der Waals surface area (Å²) in [5.74, 6) is 1.74. The van der Waals surface area contributed by atoms with Gasteiger partial charge in [-0.15, -0.1) is 0 Å². The molecular weight excluding hydrogens is 401 g/mol. The van der Waals surface area contributed by atoms with Crippen molar-refractivity contribution in [2.45, 2.75) is 77.2 Å². The molecule has 1 aromatic carbocycles. The van der Waals surface area contributed by atoms with Gasteiger partial charge < -0.3 is 10.5 Å². The molecule has 0 heterocycles. The van der Waals surface area contributed by atoms with Crippen LogP contribution in [0.1, 0.15) is 82.0 Å². The van der Waals surface area contributed by atoms with Gasteiger partial charge >= 0.3 is 0 Å². The van der Waals surface area contributed by atoms with Gasteiger partial charge in [0.2, 0.25) is 0 Å². The van der Waals surface area contributed by atoms with Crippen LogP contribution in [0.15, 0.2) is 24.3 Å². The van der Waals surface area contributed by atoms with Crippen molar-refractivity contribution in [1.29, 1.82) is 0 Å². The molecule has 3 nitrogen and oxygen atoms in total. The number of methoxy groups -OCH3 is 1. The fraction of sp³-hybridized carbons (Fsp3) is 0.750. The average Bonchev–Trinajstić information content (AvgIpc) is 3.12. The monoisotopic (exact) mass is 441 g/mol. The van der Waals surface area contributed by atoms with E-state index in [-0.39, 0.29) is 33.6 Å². The summed E-state index contributed by atoms with van der Waals surface area (Å²) in [4.78, 5) is 13.5. The Hall–Kier alpha value is -1.26. The van der Waals surface area contributed by atoms with E-state index in [1.54, 1.807) is 18.2 Å². The van der Waals surface area contributed by atoms with Crippen LogP contribution in [-0.2, 0) is 4.74 Å². The molecule has 5 rings (SSSR count). The van der Waals surface area contributed by atoms with Crippen LogP contribution >= 0.6 is 0 Å². The number of hydrogen-bond donors (Lipinski definition) is 1. The molecule has 0 spiro atoms. The van der Waals surface area contributed by atoms with Crippen LogP contribution in [0.3, 0.4) is 0 Å². The second-order valence-electron chi connectivity index (χ2n) is 12.0. The lowest BCUT2D eigenvalue weighted by Gasteiger charge is -2.66. The van der Waals surface area contributed by atoms with Gasteiger partial charge in [0.1, 0.15) is 5.82 Å². The van der Waals surface area contributed by atoms with Crippen LogP contribution in [-0.4, -0.2) is 25.0 Å². The third-order valence-corrected chi connectivity index (χ3v) is 10.7. The van der Waals surface area contributed by atoms with Gasteiger partial charge in [0.05, 0.1) is 12.2 Å². The van der Waals surface area contributed by atoms with E-state index < -0.39 is 5.82 Å². The topological polar surface area (TPSA) is 52.3 Å². The molecule has 32 heavy (non-hydrogen) atoms. The van der Waals surface area contributed by atoms with E-state index in [9.17, 15) is 9.18 Å². The number of halogens is 1. The zero-order valence-electron chi connectivity index (χ0n) is 20.0. The summed E-state index contributed by atoms with van der Waals surface area (Å²) in [6.45, 7) is 5.50. The number of fused-ring (bicyclic) bond motifs is 5. The first-order valence-corrected chi connectivity index (χ1v) is 12.8. The van der Waals surface area contributed by atoms with Crippen molar-refractivity contribution in [3.63, 3.8) is 0 Å². The Morgan fingerprint density at radius 2 is 1.88 bits per heavy atom. The van der Waals surface area contributed by atoms with Gasteiger partial charge in [-0.05, 0) is 92.6 Å². The van der Waals surface area contributed by atoms with Crippen LogP contribution in [0.2, 0.25) is 0 Å². The number of carbonyl (C=O) groups is 1. The first-order valence-electron chi connectivity index (χ1n) is 12.8. The van der Waals surface area contributed by atoms with Crippen LogP contribution in [0, 0.1) is 46.2 Å². The van der Waals surface area contributed by atoms with E-state index in [1.807, 2.05) is 7.11 Å². The van der Waals surface area contributed by atoms with Crippen molar-refractivity contribution in [2.75, 3.05) is 13.7 Å². The smallest absolute Gasteiger partial charge is 0.169 e. The van der Waals surface area contributed by atoms with Crippen LogP contribution in [0.5, 0.6) is 0 Å². The van der Waals surface area contributed by atoms with Crippen molar-refractivity contribution < 1.29 is 13.9 Å². The highest BCUT2D eigenvalue weighted by Gasteiger charge is 2.67. The van der Waals surface area contributed by atoms with E-state index in [0.717, 1.165) is 44.6 Å². The van der Waals surface area contributed by atoms with Gasteiger partial charge in [-0.1, -0.05) is 32.4 Å².